The largest absolute Gasteiger partial charge is 0.389 e. The Bertz CT molecular complexity index is 572. The van der Waals surface area contributed by atoms with Gasteiger partial charge in [-0.25, -0.2) is 9.97 Å². The van der Waals surface area contributed by atoms with Crippen molar-refractivity contribution in [3.63, 3.8) is 0 Å². The second-order valence-corrected chi connectivity index (χ2v) is 5.57. The van der Waals surface area contributed by atoms with Crippen LogP contribution in [0.3, 0.4) is 0 Å². The lowest BCUT2D eigenvalue weighted by molar-refractivity contribution is 1.05. The van der Waals surface area contributed by atoms with Crippen LogP contribution in [0.2, 0.25) is 0 Å². The molecule has 0 amide bonds. The number of hydrogen-bond acceptors (Lipinski definition) is 5. The van der Waals surface area contributed by atoms with Gasteiger partial charge in [-0.1, -0.05) is 12.2 Å². The molecule has 1 saturated carbocycles. The SMILES string of the molecule is NC(=S)c1ccc(Nc2nc(C3CC3)cs2)nc1. The summed E-state index contributed by atoms with van der Waals surface area (Å²) in [6, 6.07) is 3.71. The number of anilines is 2. The molecule has 2 heterocycles. The molecule has 0 aromatic carbocycles. The Hall–Kier alpha value is -1.53. The van der Waals surface area contributed by atoms with Crippen molar-refractivity contribution in [2.45, 2.75) is 18.8 Å². The van der Waals surface area contributed by atoms with Crippen LogP contribution in [0.5, 0.6) is 0 Å². The highest BCUT2D eigenvalue weighted by molar-refractivity contribution is 7.80. The molecule has 1 aliphatic carbocycles. The van der Waals surface area contributed by atoms with Crippen LogP contribution in [-0.2, 0) is 0 Å². The molecular formula is C12H12N4S2. The molecule has 6 heteroatoms. The summed E-state index contributed by atoms with van der Waals surface area (Å²) in [6.45, 7) is 0. The van der Waals surface area contributed by atoms with Crippen molar-refractivity contribution in [1.82, 2.24) is 9.97 Å². The van der Waals surface area contributed by atoms with Crippen molar-refractivity contribution in [3.05, 3.63) is 35.0 Å². The Balaban J connectivity index is 1.72. The van der Waals surface area contributed by atoms with Gasteiger partial charge in [-0.2, -0.15) is 0 Å². The van der Waals surface area contributed by atoms with E-state index in [9.17, 15) is 0 Å². The summed E-state index contributed by atoms with van der Waals surface area (Å²) in [5, 5.41) is 6.18. The monoisotopic (exact) mass is 276 g/mol. The minimum atomic E-state index is 0.360. The topological polar surface area (TPSA) is 63.8 Å². The standard InChI is InChI=1S/C12H12N4S2/c13-11(17)8-3-4-10(14-5-8)16-12-15-9(6-18-12)7-1-2-7/h3-7H,1-2H2,(H2,13,17)(H,14,15,16). The maximum absolute atomic E-state index is 5.52. The van der Waals surface area contributed by atoms with E-state index in [-0.39, 0.29) is 0 Å². The molecule has 0 bridgehead atoms. The average Bonchev–Trinajstić information content (AvgIpc) is 3.11. The van der Waals surface area contributed by atoms with Gasteiger partial charge in [0, 0.05) is 23.1 Å². The fourth-order valence-electron chi connectivity index (χ4n) is 1.63. The van der Waals surface area contributed by atoms with E-state index in [0.29, 0.717) is 10.9 Å². The normalized spacial score (nSPS) is 14.4. The molecule has 0 saturated heterocycles. The van der Waals surface area contributed by atoms with Gasteiger partial charge in [0.15, 0.2) is 5.13 Å². The van der Waals surface area contributed by atoms with E-state index in [0.717, 1.165) is 16.5 Å². The van der Waals surface area contributed by atoms with Crippen molar-refractivity contribution < 1.29 is 0 Å². The zero-order valence-corrected chi connectivity index (χ0v) is 11.2. The van der Waals surface area contributed by atoms with Crippen molar-refractivity contribution in [1.29, 1.82) is 0 Å². The van der Waals surface area contributed by atoms with E-state index in [1.54, 1.807) is 17.5 Å². The maximum atomic E-state index is 5.52. The molecule has 0 atom stereocenters. The summed E-state index contributed by atoms with van der Waals surface area (Å²) in [4.78, 5) is 9.16. The predicted octanol–water partition coefficient (Wildman–Crippen LogP) is 2.79. The van der Waals surface area contributed by atoms with Crippen LogP contribution in [0.1, 0.15) is 30.0 Å². The van der Waals surface area contributed by atoms with Gasteiger partial charge in [0.1, 0.15) is 10.8 Å². The van der Waals surface area contributed by atoms with Gasteiger partial charge in [0.25, 0.3) is 0 Å². The van der Waals surface area contributed by atoms with E-state index in [1.807, 2.05) is 12.1 Å². The van der Waals surface area contributed by atoms with Crippen LogP contribution in [0.15, 0.2) is 23.7 Å². The van der Waals surface area contributed by atoms with Gasteiger partial charge >= 0.3 is 0 Å². The van der Waals surface area contributed by atoms with Crippen molar-refractivity contribution in [3.8, 4) is 0 Å². The van der Waals surface area contributed by atoms with Crippen molar-refractivity contribution >= 4 is 39.5 Å². The van der Waals surface area contributed by atoms with E-state index in [4.69, 9.17) is 18.0 Å². The minimum Gasteiger partial charge on any atom is -0.389 e. The first-order valence-corrected chi connectivity index (χ1v) is 6.99. The first-order chi connectivity index (χ1) is 8.72. The van der Waals surface area contributed by atoms with Crippen LogP contribution in [-0.4, -0.2) is 15.0 Å². The van der Waals surface area contributed by atoms with Gasteiger partial charge < -0.3 is 11.1 Å². The van der Waals surface area contributed by atoms with E-state index < -0.39 is 0 Å². The molecule has 2 aromatic rings. The minimum absolute atomic E-state index is 0.360. The van der Waals surface area contributed by atoms with Gasteiger partial charge in [-0.3, -0.25) is 0 Å². The highest BCUT2D eigenvalue weighted by Crippen LogP contribution is 2.41. The molecule has 0 radical (unpaired) electrons. The number of hydrogen-bond donors (Lipinski definition) is 2. The lowest BCUT2D eigenvalue weighted by Crippen LogP contribution is -2.09. The summed E-state index contributed by atoms with van der Waals surface area (Å²) in [5.41, 5.74) is 7.49. The summed E-state index contributed by atoms with van der Waals surface area (Å²) in [6.07, 6.45) is 4.20. The molecule has 3 N–H and O–H groups in total. The first-order valence-electron chi connectivity index (χ1n) is 5.70. The molecule has 2 aromatic heterocycles. The van der Waals surface area contributed by atoms with Crippen LogP contribution >= 0.6 is 23.6 Å². The summed E-state index contributed by atoms with van der Waals surface area (Å²) >= 11 is 6.49. The van der Waals surface area contributed by atoms with E-state index in [1.165, 1.54) is 18.5 Å². The zero-order chi connectivity index (χ0) is 12.5. The Morgan fingerprint density at radius 1 is 1.44 bits per heavy atom. The van der Waals surface area contributed by atoms with E-state index >= 15 is 0 Å². The quantitative estimate of drug-likeness (QED) is 0.841. The molecule has 3 rings (SSSR count). The van der Waals surface area contributed by atoms with Crippen LogP contribution in [0.4, 0.5) is 10.9 Å². The van der Waals surface area contributed by atoms with Crippen LogP contribution in [0.25, 0.3) is 0 Å². The predicted molar refractivity (Wildman–Crippen MR) is 77.5 cm³/mol. The van der Waals surface area contributed by atoms with Gasteiger partial charge in [-0.05, 0) is 25.0 Å². The lowest BCUT2D eigenvalue weighted by atomic mass is 10.3. The second kappa shape index (κ2) is 4.62. The number of nitrogens with zero attached hydrogens (tertiary/aromatic N) is 2. The number of thiocarbonyl (C=S) groups is 1. The molecule has 1 fully saturated rings. The summed E-state index contributed by atoms with van der Waals surface area (Å²) in [7, 11) is 0. The highest BCUT2D eigenvalue weighted by Gasteiger charge is 2.26. The van der Waals surface area contributed by atoms with Gasteiger partial charge in [0.2, 0.25) is 0 Å². The molecule has 4 nitrogen and oxygen atoms in total. The third-order valence-corrected chi connectivity index (χ3v) is 3.81. The van der Waals surface area contributed by atoms with Crippen LogP contribution in [0, 0.1) is 0 Å². The van der Waals surface area contributed by atoms with Crippen molar-refractivity contribution in [2.24, 2.45) is 5.73 Å². The number of nitrogens with one attached hydrogen (secondary N) is 1. The molecule has 1 aliphatic rings. The fourth-order valence-corrected chi connectivity index (χ4v) is 2.55. The maximum Gasteiger partial charge on any atom is 0.188 e. The first kappa shape index (κ1) is 11.6. The molecule has 0 spiro atoms. The third kappa shape index (κ3) is 2.49. The Morgan fingerprint density at radius 3 is 2.89 bits per heavy atom. The molecule has 92 valence electrons. The average molecular weight is 276 g/mol. The Labute approximate surface area is 114 Å². The molecule has 18 heavy (non-hydrogen) atoms. The second-order valence-electron chi connectivity index (χ2n) is 4.27. The highest BCUT2D eigenvalue weighted by atomic mass is 32.1. The Morgan fingerprint density at radius 2 is 2.28 bits per heavy atom. The lowest BCUT2D eigenvalue weighted by Gasteiger charge is -2.02. The number of rotatable bonds is 4. The van der Waals surface area contributed by atoms with Crippen molar-refractivity contribution in [2.75, 3.05) is 5.32 Å². The summed E-state index contributed by atoms with van der Waals surface area (Å²) < 4.78 is 0. The van der Waals surface area contributed by atoms with Crippen LogP contribution < -0.4 is 11.1 Å². The van der Waals surface area contributed by atoms with E-state index in [2.05, 4.69) is 20.7 Å². The smallest absolute Gasteiger partial charge is 0.188 e. The number of thiazole rings is 1. The number of aromatic nitrogens is 2. The zero-order valence-electron chi connectivity index (χ0n) is 9.59. The fraction of sp³-hybridized carbons (Fsp3) is 0.250. The summed E-state index contributed by atoms with van der Waals surface area (Å²) in [5.74, 6) is 1.44. The number of nitrogens with two attached hydrogens (primary N) is 1. The Kier molecular flexibility index (Phi) is 2.97. The molecular weight excluding hydrogens is 264 g/mol. The molecule has 0 unspecified atom stereocenters. The van der Waals surface area contributed by atoms with Gasteiger partial charge in [0.05, 0.1) is 5.69 Å². The van der Waals surface area contributed by atoms with Gasteiger partial charge in [-0.15, -0.1) is 11.3 Å². The third-order valence-electron chi connectivity index (χ3n) is 2.80. The molecule has 0 aliphatic heterocycles. The number of pyridine rings is 1.